The first-order valence-electron chi connectivity index (χ1n) is 1.70. The van der Waals surface area contributed by atoms with E-state index < -0.39 is 11.9 Å². The first-order chi connectivity index (χ1) is 4.64. The molecule has 0 aliphatic carbocycles. The summed E-state index contributed by atoms with van der Waals surface area (Å²) in [5.41, 5.74) is 0. The number of quaternary nitrogens is 2. The van der Waals surface area contributed by atoms with Crippen molar-refractivity contribution in [2.75, 3.05) is 0 Å². The van der Waals surface area contributed by atoms with Gasteiger partial charge in [-0.2, -0.15) is 0 Å². The van der Waals surface area contributed by atoms with Gasteiger partial charge in [-0.1, -0.05) is 0 Å². The van der Waals surface area contributed by atoms with Crippen molar-refractivity contribution in [3.05, 3.63) is 0 Å². The minimum absolute atomic E-state index is 2.19. The average Bonchev–Trinajstić information content (AvgIpc) is 1.96. The Hall–Kier alpha value is -1.22. The summed E-state index contributed by atoms with van der Waals surface area (Å²) in [7, 11) is 0. The van der Waals surface area contributed by atoms with E-state index in [2.05, 4.69) is 11.8 Å². The molecule has 0 rings (SSSR count). The lowest BCUT2D eigenvalue weighted by molar-refractivity contribution is -0.670. The molecule has 0 amide bonds. The molecule has 0 atom stereocenters. The Bertz CT molecular complexity index is 79.7. The predicted octanol–water partition coefficient (Wildman–Crippen LogP) is -6.28. The van der Waals surface area contributed by atoms with Gasteiger partial charge in [0.15, 0.2) is 0 Å². The number of aliphatic carboxylic acids is 2. The molecule has 0 spiro atoms. The molecule has 0 fully saturated rings. The van der Waals surface area contributed by atoms with E-state index in [0.717, 1.165) is 0 Å². The van der Waals surface area contributed by atoms with Crippen molar-refractivity contribution in [2.24, 2.45) is 0 Å². The van der Waals surface area contributed by atoms with Gasteiger partial charge in [-0.3, -0.25) is 0 Å². The summed E-state index contributed by atoms with van der Waals surface area (Å²) < 4.78 is 0. The highest BCUT2D eigenvalue weighted by Gasteiger charge is 1.74. The molecule has 8 nitrogen and oxygen atoms in total. The number of carbonyl (C=O) groups excluding carboxylic acids is 2. The molecule has 0 unspecified atom stereocenters. The van der Waals surface area contributed by atoms with Crippen molar-refractivity contribution in [3.63, 3.8) is 0 Å². The molecule has 0 radical (unpaired) electrons. The standard InChI is InChI=1S/C2H2O4.2H4NO/c3-1(4)2(5)6;2*1-2/h(H,3,4)(H,5,6);2*2H,1H3/q;2*+1/p-2. The smallest absolute Gasteiger partial charge is 0.0870 e. The van der Waals surface area contributed by atoms with Crippen molar-refractivity contribution in [2.45, 2.75) is 0 Å². The van der Waals surface area contributed by atoms with Crippen LogP contribution < -0.4 is 22.0 Å². The fourth-order valence-electron chi connectivity index (χ4n) is 0. The zero-order valence-corrected chi connectivity index (χ0v) is 4.94. The number of hydrogen-bond acceptors (Lipinski definition) is 6. The fraction of sp³-hybridized carbons (Fsp3) is 0. The van der Waals surface area contributed by atoms with Crippen LogP contribution in [0.15, 0.2) is 0 Å². The molecule has 0 saturated carbocycles. The molecule has 10 heavy (non-hydrogen) atoms. The molecule has 0 aliphatic rings. The fourth-order valence-corrected chi connectivity index (χ4v) is 0. The summed E-state index contributed by atoms with van der Waals surface area (Å²) in [5, 5.41) is 31.4. The summed E-state index contributed by atoms with van der Waals surface area (Å²) in [5.74, 6) is 0.130. The third-order valence-corrected chi connectivity index (χ3v) is 0.167. The van der Waals surface area contributed by atoms with Gasteiger partial charge >= 0.3 is 0 Å². The van der Waals surface area contributed by atoms with Gasteiger partial charge in [-0.25, -0.2) is 22.2 Å². The van der Waals surface area contributed by atoms with E-state index in [-0.39, 0.29) is 0 Å². The van der Waals surface area contributed by atoms with Gasteiger partial charge in [0.05, 0.1) is 11.9 Å². The molecule has 8 N–H and O–H groups in total. The van der Waals surface area contributed by atoms with Gasteiger partial charge < -0.3 is 19.8 Å². The number of hydrogen-bond donors (Lipinski definition) is 4. The Morgan fingerprint density at radius 3 is 1.00 bits per heavy atom. The maximum Gasteiger partial charge on any atom is 0.0870 e. The monoisotopic (exact) mass is 156 g/mol. The van der Waals surface area contributed by atoms with Crippen LogP contribution in [0.25, 0.3) is 0 Å². The molecule has 62 valence electrons. The number of rotatable bonds is 0. The van der Waals surface area contributed by atoms with Crippen molar-refractivity contribution < 1.29 is 42.0 Å². The van der Waals surface area contributed by atoms with E-state index in [1.165, 1.54) is 0 Å². The average molecular weight is 156 g/mol. The van der Waals surface area contributed by atoms with Gasteiger partial charge in [-0.15, -0.1) is 0 Å². The van der Waals surface area contributed by atoms with E-state index in [9.17, 15) is 0 Å². The Morgan fingerprint density at radius 2 is 1.00 bits per heavy atom. The molecule has 0 aromatic rings. The van der Waals surface area contributed by atoms with Crippen LogP contribution in [0, 0.1) is 0 Å². The van der Waals surface area contributed by atoms with Gasteiger partial charge in [0, 0.05) is 0 Å². The Morgan fingerprint density at radius 1 is 0.900 bits per heavy atom. The van der Waals surface area contributed by atoms with E-state index >= 15 is 0 Å². The van der Waals surface area contributed by atoms with Crippen molar-refractivity contribution in [3.8, 4) is 0 Å². The second kappa shape index (κ2) is 15.7. The third-order valence-electron chi connectivity index (χ3n) is 0.167. The number of carboxylic acid groups (broad SMARTS) is 2. The van der Waals surface area contributed by atoms with Crippen LogP contribution in [0.3, 0.4) is 0 Å². The largest absolute Gasteiger partial charge is 0.543 e. The van der Waals surface area contributed by atoms with Gasteiger partial charge in [0.1, 0.15) is 0 Å². The lowest BCUT2D eigenvalue weighted by atomic mass is 10.7. The summed E-state index contributed by atoms with van der Waals surface area (Å²) in [6.45, 7) is 0. The second-order valence-electron chi connectivity index (χ2n) is 0.575. The van der Waals surface area contributed by atoms with Crippen LogP contribution in [0.2, 0.25) is 0 Å². The first-order valence-corrected chi connectivity index (χ1v) is 1.70. The van der Waals surface area contributed by atoms with Crippen LogP contribution in [-0.4, -0.2) is 22.4 Å². The van der Waals surface area contributed by atoms with Crippen LogP contribution in [-0.2, 0) is 9.59 Å². The molecule has 0 aromatic carbocycles. The summed E-state index contributed by atoms with van der Waals surface area (Å²) in [6.07, 6.45) is 0. The zero-order valence-electron chi connectivity index (χ0n) is 4.94. The molecule has 0 aliphatic heterocycles. The topological polar surface area (TPSA) is 176 Å². The van der Waals surface area contributed by atoms with E-state index in [0.29, 0.717) is 0 Å². The normalized spacial score (nSPS) is 5.60. The quantitative estimate of drug-likeness (QED) is 0.200. The molecule has 0 aromatic heterocycles. The van der Waals surface area contributed by atoms with Crippen molar-refractivity contribution in [1.29, 1.82) is 0 Å². The molecule has 0 bridgehead atoms. The van der Waals surface area contributed by atoms with Crippen molar-refractivity contribution in [1.82, 2.24) is 0 Å². The Labute approximate surface area is 55.2 Å². The van der Waals surface area contributed by atoms with Gasteiger partial charge in [0.25, 0.3) is 0 Å². The highest BCUT2D eigenvalue weighted by Crippen LogP contribution is 1.41. The van der Waals surface area contributed by atoms with E-state index in [4.69, 9.17) is 30.2 Å². The Kier molecular flexibility index (Phi) is 24.9. The number of carbonyl (C=O) groups is 2. The van der Waals surface area contributed by atoms with Crippen LogP contribution in [0.1, 0.15) is 0 Å². The minimum atomic E-state index is -2.19. The highest BCUT2D eigenvalue weighted by molar-refractivity contribution is 6.25. The first kappa shape index (κ1) is 15.9. The molecule has 8 heteroatoms. The van der Waals surface area contributed by atoms with E-state index in [1.54, 1.807) is 0 Å². The lowest BCUT2D eigenvalue weighted by Gasteiger charge is -1.97. The predicted molar refractivity (Wildman–Crippen MR) is 19.4 cm³/mol. The number of carboxylic acids is 2. The molecule has 0 saturated heterocycles. The summed E-state index contributed by atoms with van der Waals surface area (Å²) >= 11 is 0. The van der Waals surface area contributed by atoms with Crippen LogP contribution in [0.4, 0.5) is 0 Å². The maximum absolute atomic E-state index is 8.93. The van der Waals surface area contributed by atoms with Crippen LogP contribution in [0.5, 0.6) is 0 Å². The lowest BCUT2D eigenvalue weighted by Crippen LogP contribution is -2.42. The van der Waals surface area contributed by atoms with Gasteiger partial charge in [-0.05, 0) is 0 Å². The van der Waals surface area contributed by atoms with Crippen molar-refractivity contribution >= 4 is 11.9 Å². The maximum atomic E-state index is 8.93. The SMILES string of the molecule is O=C([O-])C(=O)[O-].[NH3+]O.[NH3+]O. The molecule has 0 heterocycles. The minimum Gasteiger partial charge on any atom is -0.543 e. The summed E-state index contributed by atoms with van der Waals surface area (Å²) in [4.78, 5) is 17.9. The summed E-state index contributed by atoms with van der Waals surface area (Å²) in [6, 6.07) is 0. The van der Waals surface area contributed by atoms with Crippen LogP contribution >= 0.6 is 0 Å². The highest BCUT2D eigenvalue weighted by atomic mass is 16.4. The molecular weight excluding hydrogens is 148 g/mol. The second-order valence-corrected chi connectivity index (χ2v) is 0.575. The van der Waals surface area contributed by atoms with E-state index in [1.807, 2.05) is 0 Å². The van der Waals surface area contributed by atoms with Gasteiger partial charge in [0.2, 0.25) is 0 Å². The molecular formula is C2H8N2O6. The Balaban J connectivity index is -0.000000105. The zero-order chi connectivity index (χ0) is 9.15. The third kappa shape index (κ3) is 29.3.